The minimum Gasteiger partial charge on any atom is -0.412 e. The summed E-state index contributed by atoms with van der Waals surface area (Å²) in [6.07, 6.45) is 16.4. The zero-order valence-electron chi connectivity index (χ0n) is 53.2. The van der Waals surface area contributed by atoms with Crippen LogP contribution >= 0.6 is 42.3 Å². The molecule has 15 rings (SSSR count). The Labute approximate surface area is 579 Å². The quantitative estimate of drug-likeness (QED) is 0.0223. The highest BCUT2D eigenvalue weighted by molar-refractivity contribution is 7.98. The van der Waals surface area contributed by atoms with Gasteiger partial charge < -0.3 is 24.9 Å². The van der Waals surface area contributed by atoms with Gasteiger partial charge in [0.05, 0.1) is 70.9 Å². The van der Waals surface area contributed by atoms with Crippen molar-refractivity contribution in [1.82, 2.24) is 58.6 Å². The van der Waals surface area contributed by atoms with Crippen LogP contribution in [0.25, 0.3) is 78.4 Å². The van der Waals surface area contributed by atoms with Crippen molar-refractivity contribution in [3.63, 3.8) is 0 Å². The lowest BCUT2D eigenvalue weighted by Gasteiger charge is -2.28. The molecule has 0 amide bonds. The van der Waals surface area contributed by atoms with Gasteiger partial charge in [-0.15, -0.1) is 0 Å². The maximum Gasteiger partial charge on any atom is 0.187 e. The van der Waals surface area contributed by atoms with Crippen molar-refractivity contribution in [2.45, 2.75) is 79.5 Å². The molecule has 4 N–H and O–H groups in total. The maximum absolute atomic E-state index is 13.9. The molecule has 0 bridgehead atoms. The van der Waals surface area contributed by atoms with E-state index in [-0.39, 0.29) is 48.5 Å². The topological polar surface area (TPSA) is 249 Å². The molecular weight excluding hydrogens is 1320 g/mol. The van der Waals surface area contributed by atoms with Gasteiger partial charge in [-0.05, 0) is 135 Å². The van der Waals surface area contributed by atoms with Crippen LogP contribution in [0.4, 0.5) is 13.2 Å². The van der Waals surface area contributed by atoms with Crippen LogP contribution in [-0.4, -0.2) is 102 Å². The van der Waals surface area contributed by atoms with Crippen molar-refractivity contribution in [2.24, 2.45) is 15.6 Å². The van der Waals surface area contributed by atoms with Crippen LogP contribution in [0.3, 0.4) is 0 Å². The first-order valence-electron chi connectivity index (χ1n) is 31.3. The van der Waals surface area contributed by atoms with E-state index in [1.54, 1.807) is 55.0 Å². The van der Waals surface area contributed by atoms with Gasteiger partial charge in [-0.2, -0.15) is 0 Å². The zero-order valence-corrected chi connectivity index (χ0v) is 56.5. The van der Waals surface area contributed by atoms with Crippen LogP contribution in [0.1, 0.15) is 62.3 Å². The van der Waals surface area contributed by atoms with Crippen molar-refractivity contribution >= 4 is 58.3 Å². The number of fused-ring (bicyclic) bond motifs is 3. The molecule has 0 spiro atoms. The monoisotopic (exact) mass is 1390 g/mol. The lowest BCUT2D eigenvalue weighted by molar-refractivity contribution is 0.542. The number of aryl methyl sites for hydroxylation is 3. The van der Waals surface area contributed by atoms with Gasteiger partial charge in [0.25, 0.3) is 0 Å². The SMILES string of the molecule is C.CSc1nccc(-c2c(-c3ccc(F)cc3)nc3n2[C@H](CN)CC3)n1.CSc1nccc(-c2c(-c3ccc(F)cc3)nc3n2[C@H](CN=P(c2ccccc2)(c2ccccc2)c2ccccc2)CC3)n1.CSc1nccc(-c2c(-c3ccc(F)cc3)nc3n2[C@H](CN=[N+]=[N-])CC3)n1.O. The lowest BCUT2D eigenvalue weighted by atomic mass is 10.1. The minimum atomic E-state index is -2.35. The maximum atomic E-state index is 13.9. The van der Waals surface area contributed by atoms with E-state index >= 15 is 0 Å². The summed E-state index contributed by atoms with van der Waals surface area (Å²) < 4.78 is 53.1. The molecule has 0 aliphatic carbocycles. The summed E-state index contributed by atoms with van der Waals surface area (Å²) in [5.74, 6) is 2.12. The molecule has 25 heteroatoms. The third-order valence-electron chi connectivity index (χ3n) is 17.2. The van der Waals surface area contributed by atoms with E-state index in [2.05, 4.69) is 140 Å². The molecule has 18 nitrogen and oxygen atoms in total. The number of aromatic nitrogens is 12. The molecule has 0 unspecified atom stereocenters. The number of imidazole rings is 3. The molecule has 6 aromatic heterocycles. The van der Waals surface area contributed by atoms with Crippen molar-refractivity contribution in [1.29, 1.82) is 0 Å². The van der Waals surface area contributed by atoms with Crippen molar-refractivity contribution in [3.05, 3.63) is 246 Å². The Morgan fingerprint density at radius 1 is 0.459 bits per heavy atom. The Morgan fingerprint density at radius 3 is 1.09 bits per heavy atom. The summed E-state index contributed by atoms with van der Waals surface area (Å²) >= 11 is 4.47. The second-order valence-electron chi connectivity index (χ2n) is 22.8. The molecular formula is C73H71F3N17OPS3. The van der Waals surface area contributed by atoms with Crippen LogP contribution in [-0.2, 0) is 19.3 Å². The van der Waals surface area contributed by atoms with Gasteiger partial charge in [-0.1, -0.05) is 139 Å². The second-order valence-corrected chi connectivity index (χ2v) is 28.2. The first kappa shape index (κ1) is 69.8. The fourth-order valence-corrected chi connectivity index (χ4v) is 17.5. The first-order chi connectivity index (χ1) is 47.1. The number of thioether (sulfide) groups is 3. The first-order valence-corrected chi connectivity index (χ1v) is 36.7. The van der Waals surface area contributed by atoms with E-state index < -0.39 is 7.05 Å². The Kier molecular flexibility index (Phi) is 22.6. The van der Waals surface area contributed by atoms with Gasteiger partial charge >= 0.3 is 0 Å². The number of benzene rings is 6. The van der Waals surface area contributed by atoms with E-state index in [1.165, 1.54) is 87.6 Å². The molecule has 9 heterocycles. The number of hydrogen-bond donors (Lipinski definition) is 1. The molecule has 3 aliphatic heterocycles. The average molecular weight is 1390 g/mol. The van der Waals surface area contributed by atoms with Gasteiger partial charge in [-0.25, -0.2) is 58.0 Å². The molecule has 3 aliphatic rings. The number of azide groups is 1. The summed E-state index contributed by atoms with van der Waals surface area (Å²) in [5.41, 5.74) is 24.7. The Morgan fingerprint density at radius 2 is 0.776 bits per heavy atom. The molecule has 498 valence electrons. The fraction of sp³-hybridized carbons (Fsp3) is 0.219. The lowest BCUT2D eigenvalue weighted by Crippen LogP contribution is -2.26. The third-order valence-corrected chi connectivity index (χ3v) is 22.6. The standard InChI is InChI=1S/C36H31FN5PS.C18H16FN7S.C18H18FN5S.CH4.H2O/c1-44-36-38-24-23-32(40-36)35-34(26-17-19-27(37)20-18-26)41-33-22-21-28(42(33)35)25-39-43(29-11-5-2-6-12-29,30-13-7-3-8-14-30)31-15-9-4-10-16-31;1-27-18-21-9-8-14(23-18)17-16(11-2-4-12(19)5-3-11)24-15-7-6-13(26(15)17)10-22-25-20;1-25-18-21-9-8-14(22-18)17-16(11-2-4-12(19)5-3-11)23-15-7-6-13(10-20)24(15)17;;/h2-20,23-24,28H,21-22,25H2,1H3;2-5,8-9,13H,6-7,10H2,1H3;2-5,8-9,13H,6-7,10,20H2,1H3;1H4;1H2/t28-;2*13-;;/m000../s1. The summed E-state index contributed by atoms with van der Waals surface area (Å²) in [4.78, 5) is 44.8. The molecule has 0 fully saturated rings. The highest BCUT2D eigenvalue weighted by atomic mass is 32.2. The number of rotatable bonds is 17. The molecule has 3 atom stereocenters. The highest BCUT2D eigenvalue weighted by Gasteiger charge is 2.35. The minimum absolute atomic E-state index is 0. The Balaban J connectivity index is 0.000000156. The molecule has 6 aromatic carbocycles. The van der Waals surface area contributed by atoms with Crippen LogP contribution in [0.2, 0.25) is 0 Å². The van der Waals surface area contributed by atoms with E-state index in [1.807, 2.05) is 37.0 Å². The summed E-state index contributed by atoms with van der Waals surface area (Å²) in [6.45, 7) is 1.53. The van der Waals surface area contributed by atoms with E-state index in [0.717, 1.165) is 124 Å². The Bertz CT molecular complexity index is 4710. The molecule has 12 aromatic rings. The van der Waals surface area contributed by atoms with Gasteiger partial charge in [0.2, 0.25) is 0 Å². The van der Waals surface area contributed by atoms with Crippen LogP contribution in [0.15, 0.2) is 226 Å². The van der Waals surface area contributed by atoms with Gasteiger partial charge in [-0.3, -0.25) is 4.74 Å². The summed E-state index contributed by atoms with van der Waals surface area (Å²) in [7, 11) is -2.35. The number of nitrogens with two attached hydrogens (primary N) is 1. The summed E-state index contributed by atoms with van der Waals surface area (Å²) in [6, 6.07) is 57.5. The zero-order chi connectivity index (χ0) is 66.1. The van der Waals surface area contributed by atoms with E-state index in [9.17, 15) is 13.2 Å². The molecule has 0 radical (unpaired) electrons. The van der Waals surface area contributed by atoms with E-state index in [4.69, 9.17) is 35.9 Å². The normalized spacial score (nSPS) is 14.8. The van der Waals surface area contributed by atoms with Crippen LogP contribution in [0, 0.1) is 17.5 Å². The van der Waals surface area contributed by atoms with Crippen molar-refractivity contribution in [3.8, 4) is 67.9 Å². The van der Waals surface area contributed by atoms with Crippen LogP contribution in [0.5, 0.6) is 0 Å². The van der Waals surface area contributed by atoms with E-state index in [0.29, 0.717) is 35.1 Å². The van der Waals surface area contributed by atoms with Crippen LogP contribution < -0.4 is 21.6 Å². The second kappa shape index (κ2) is 31.8. The third kappa shape index (κ3) is 14.4. The Hall–Kier alpha value is -9.51. The number of nitrogens with zero attached hydrogens (tertiary/aromatic N) is 16. The fourth-order valence-electron chi connectivity index (χ4n) is 12.8. The summed E-state index contributed by atoms with van der Waals surface area (Å²) in [5, 5.41) is 9.52. The van der Waals surface area contributed by atoms with Gasteiger partial charge in [0.15, 0.2) is 15.5 Å². The molecule has 98 heavy (non-hydrogen) atoms. The molecule has 0 saturated carbocycles. The van der Waals surface area contributed by atoms with Crippen molar-refractivity contribution in [2.75, 3.05) is 38.4 Å². The highest BCUT2D eigenvalue weighted by Crippen LogP contribution is 2.49. The average Bonchev–Trinajstić information content (AvgIpc) is 1.24. The predicted molar refractivity (Wildman–Crippen MR) is 389 cm³/mol. The molecule has 0 saturated heterocycles. The predicted octanol–water partition coefficient (Wildman–Crippen LogP) is 15.3. The smallest absolute Gasteiger partial charge is 0.187 e. The van der Waals surface area contributed by atoms with Crippen molar-refractivity contribution < 1.29 is 18.6 Å². The van der Waals surface area contributed by atoms with Gasteiger partial charge in [0.1, 0.15) is 34.9 Å². The number of halogens is 3. The largest absolute Gasteiger partial charge is 0.412 e. The van der Waals surface area contributed by atoms with Gasteiger partial charge in [0, 0.05) is 101 Å². The number of hydrogen-bond acceptors (Lipinski definition) is 15.